The minimum absolute atomic E-state index is 0.122. The van der Waals surface area contributed by atoms with E-state index in [0.29, 0.717) is 18.1 Å². The number of carboxylic acids is 1. The lowest BCUT2D eigenvalue weighted by Gasteiger charge is -2.14. The molecule has 1 N–H and O–H groups in total. The second-order valence-electron chi connectivity index (χ2n) is 3.53. The van der Waals surface area contributed by atoms with Gasteiger partial charge in [0.2, 0.25) is 0 Å². The quantitative estimate of drug-likeness (QED) is 0.719. The Hall–Kier alpha value is -0.380. The Morgan fingerprint density at radius 1 is 1.38 bits per heavy atom. The highest BCUT2D eigenvalue weighted by molar-refractivity contribution is 7.85. The molecule has 0 aromatic heterocycles. The first-order valence-corrected chi connectivity index (χ1v) is 5.92. The summed E-state index contributed by atoms with van der Waals surface area (Å²) < 4.78 is 11.5. The zero-order valence-electron chi connectivity index (χ0n) is 8.45. The molecule has 13 heavy (non-hydrogen) atoms. The molecular formula is C9H18O3S. The van der Waals surface area contributed by atoms with E-state index in [-0.39, 0.29) is 11.7 Å². The average Bonchev–Trinajstić information content (AvgIpc) is 2.02. The first kappa shape index (κ1) is 12.6. The van der Waals surface area contributed by atoms with Crippen LogP contribution in [0.15, 0.2) is 0 Å². The third-order valence-electron chi connectivity index (χ3n) is 2.09. The van der Waals surface area contributed by atoms with Gasteiger partial charge >= 0.3 is 5.97 Å². The SMILES string of the molecule is CC(C)C(C)S(=O)CCCC(=O)O. The van der Waals surface area contributed by atoms with Crippen LogP contribution in [-0.2, 0) is 15.6 Å². The molecule has 0 spiro atoms. The molecule has 2 unspecified atom stereocenters. The maximum atomic E-state index is 11.5. The normalized spacial score (nSPS) is 15.7. The standard InChI is InChI=1S/C9H18O3S/c1-7(2)8(3)13(12)6-4-5-9(10)11/h7-8H,4-6H2,1-3H3,(H,10,11). The lowest BCUT2D eigenvalue weighted by Crippen LogP contribution is -2.20. The van der Waals surface area contributed by atoms with E-state index in [1.54, 1.807) is 0 Å². The van der Waals surface area contributed by atoms with Gasteiger partial charge in [0.05, 0.1) is 0 Å². The Morgan fingerprint density at radius 2 is 1.92 bits per heavy atom. The fourth-order valence-corrected chi connectivity index (χ4v) is 2.26. The molecule has 0 rings (SSSR count). The van der Waals surface area contributed by atoms with Crippen LogP contribution in [0.3, 0.4) is 0 Å². The zero-order valence-corrected chi connectivity index (χ0v) is 9.26. The first-order valence-electron chi connectivity index (χ1n) is 4.54. The monoisotopic (exact) mass is 206 g/mol. The van der Waals surface area contributed by atoms with Gasteiger partial charge in [-0.25, -0.2) is 0 Å². The molecule has 0 aromatic carbocycles. The summed E-state index contributed by atoms with van der Waals surface area (Å²) >= 11 is 0. The molecule has 0 bridgehead atoms. The highest BCUT2D eigenvalue weighted by atomic mass is 32.2. The summed E-state index contributed by atoms with van der Waals surface area (Å²) in [5.41, 5.74) is 0. The van der Waals surface area contributed by atoms with Crippen molar-refractivity contribution < 1.29 is 14.1 Å². The predicted octanol–water partition coefficient (Wildman–Crippen LogP) is 1.64. The van der Waals surface area contributed by atoms with Crippen molar-refractivity contribution >= 4 is 16.8 Å². The first-order chi connectivity index (χ1) is 5.95. The van der Waals surface area contributed by atoms with Crippen molar-refractivity contribution in [2.45, 2.75) is 38.9 Å². The van der Waals surface area contributed by atoms with E-state index in [1.807, 2.05) is 20.8 Å². The summed E-state index contributed by atoms with van der Waals surface area (Å²) in [6.45, 7) is 6.00. The lowest BCUT2D eigenvalue weighted by molar-refractivity contribution is -0.137. The smallest absolute Gasteiger partial charge is 0.303 e. The average molecular weight is 206 g/mol. The van der Waals surface area contributed by atoms with Gasteiger partial charge in [0.15, 0.2) is 0 Å². The second kappa shape index (κ2) is 6.13. The van der Waals surface area contributed by atoms with Crippen LogP contribution in [0.4, 0.5) is 0 Å². The van der Waals surface area contributed by atoms with E-state index in [1.165, 1.54) is 0 Å². The van der Waals surface area contributed by atoms with Crippen LogP contribution in [0.1, 0.15) is 33.6 Å². The van der Waals surface area contributed by atoms with Crippen LogP contribution in [0.2, 0.25) is 0 Å². The van der Waals surface area contributed by atoms with E-state index in [9.17, 15) is 9.00 Å². The molecule has 0 fully saturated rings. The molecule has 3 nitrogen and oxygen atoms in total. The van der Waals surface area contributed by atoms with Crippen molar-refractivity contribution in [3.05, 3.63) is 0 Å². The van der Waals surface area contributed by atoms with Crippen molar-refractivity contribution in [2.24, 2.45) is 5.92 Å². The summed E-state index contributed by atoms with van der Waals surface area (Å²) in [5, 5.41) is 8.54. The molecule has 0 aromatic rings. The van der Waals surface area contributed by atoms with Gasteiger partial charge in [-0.2, -0.15) is 0 Å². The van der Waals surface area contributed by atoms with Crippen LogP contribution >= 0.6 is 0 Å². The van der Waals surface area contributed by atoms with E-state index in [0.717, 1.165) is 0 Å². The van der Waals surface area contributed by atoms with Crippen molar-refractivity contribution in [1.29, 1.82) is 0 Å². The molecule has 78 valence electrons. The zero-order chi connectivity index (χ0) is 10.4. The number of carboxylic acid groups (broad SMARTS) is 1. The molecule has 4 heteroatoms. The van der Waals surface area contributed by atoms with Crippen molar-refractivity contribution in [2.75, 3.05) is 5.75 Å². The van der Waals surface area contributed by atoms with Crippen LogP contribution < -0.4 is 0 Å². The highest BCUT2D eigenvalue weighted by Gasteiger charge is 2.14. The van der Waals surface area contributed by atoms with Gasteiger partial charge in [-0.1, -0.05) is 20.8 Å². The Kier molecular flexibility index (Phi) is 5.95. The van der Waals surface area contributed by atoms with Crippen LogP contribution in [-0.4, -0.2) is 26.3 Å². The van der Waals surface area contributed by atoms with Gasteiger partial charge in [0, 0.05) is 28.2 Å². The number of hydrogen-bond donors (Lipinski definition) is 1. The van der Waals surface area contributed by atoms with Crippen molar-refractivity contribution in [3.8, 4) is 0 Å². The molecule has 0 aliphatic heterocycles. The summed E-state index contributed by atoms with van der Waals surface area (Å²) in [6, 6.07) is 0. The fourth-order valence-electron chi connectivity index (χ4n) is 0.855. The molecule has 0 amide bonds. The Bertz CT molecular complexity index is 189. The minimum atomic E-state index is -0.875. The fraction of sp³-hybridized carbons (Fsp3) is 0.889. The largest absolute Gasteiger partial charge is 0.481 e. The van der Waals surface area contributed by atoms with Crippen molar-refractivity contribution in [3.63, 3.8) is 0 Å². The van der Waals surface area contributed by atoms with Crippen LogP contribution in [0, 0.1) is 5.92 Å². The van der Waals surface area contributed by atoms with Crippen LogP contribution in [0.5, 0.6) is 0 Å². The van der Waals surface area contributed by atoms with Gasteiger partial charge in [0.25, 0.3) is 0 Å². The minimum Gasteiger partial charge on any atom is -0.481 e. The van der Waals surface area contributed by atoms with Gasteiger partial charge in [0.1, 0.15) is 0 Å². The predicted molar refractivity (Wildman–Crippen MR) is 54.2 cm³/mol. The summed E-state index contributed by atoms with van der Waals surface area (Å²) in [6.07, 6.45) is 0.634. The molecule has 2 atom stereocenters. The lowest BCUT2D eigenvalue weighted by atomic mass is 10.2. The van der Waals surface area contributed by atoms with Gasteiger partial charge in [-0.3, -0.25) is 9.00 Å². The third kappa shape index (κ3) is 5.80. The molecule has 0 radical (unpaired) electrons. The van der Waals surface area contributed by atoms with E-state index >= 15 is 0 Å². The Morgan fingerprint density at radius 3 is 2.31 bits per heavy atom. The number of aliphatic carboxylic acids is 1. The van der Waals surface area contributed by atoms with Crippen molar-refractivity contribution in [1.82, 2.24) is 0 Å². The van der Waals surface area contributed by atoms with Crippen LogP contribution in [0.25, 0.3) is 0 Å². The van der Waals surface area contributed by atoms with Gasteiger partial charge in [-0.05, 0) is 12.3 Å². The molecule has 0 aliphatic rings. The number of hydrogen-bond acceptors (Lipinski definition) is 2. The molecule has 0 saturated carbocycles. The Labute approximate surface area is 82.0 Å². The molecule has 0 saturated heterocycles. The second-order valence-corrected chi connectivity index (χ2v) is 5.44. The molecular weight excluding hydrogens is 188 g/mol. The van der Waals surface area contributed by atoms with E-state index in [2.05, 4.69) is 0 Å². The summed E-state index contributed by atoms with van der Waals surface area (Å²) in [4.78, 5) is 10.2. The van der Waals surface area contributed by atoms with E-state index in [4.69, 9.17) is 5.11 Å². The Balaban J connectivity index is 3.68. The molecule has 0 heterocycles. The number of rotatable bonds is 6. The summed E-state index contributed by atoms with van der Waals surface area (Å²) in [5.74, 6) is 0.0888. The van der Waals surface area contributed by atoms with E-state index < -0.39 is 16.8 Å². The molecule has 0 aliphatic carbocycles. The van der Waals surface area contributed by atoms with Gasteiger partial charge in [-0.15, -0.1) is 0 Å². The number of carbonyl (C=O) groups is 1. The topological polar surface area (TPSA) is 54.4 Å². The maximum Gasteiger partial charge on any atom is 0.303 e. The maximum absolute atomic E-state index is 11.5. The summed E-state index contributed by atoms with van der Waals surface area (Å²) in [7, 11) is -0.875. The third-order valence-corrected chi connectivity index (χ3v) is 4.15. The highest BCUT2D eigenvalue weighted by Crippen LogP contribution is 2.09. The van der Waals surface area contributed by atoms with Gasteiger partial charge < -0.3 is 5.11 Å².